The number of rotatable bonds is 6. The maximum atomic E-state index is 4.27. The highest BCUT2D eigenvalue weighted by molar-refractivity contribution is 8.68. The molecule has 1 aromatic carbocycles. The van der Waals surface area contributed by atoms with Gasteiger partial charge in [0.15, 0.2) is 0 Å². The zero-order valence-corrected chi connectivity index (χ0v) is 13.5. The molecule has 1 unspecified atom stereocenters. The van der Waals surface area contributed by atoms with Crippen LogP contribution in [0.1, 0.15) is 55.4 Å². The molecule has 0 bridgehead atoms. The molecular weight excluding hydrogens is 270 g/mol. The second-order valence-corrected chi connectivity index (χ2v) is 7.17. The Morgan fingerprint density at radius 1 is 1.21 bits per heavy atom. The van der Waals surface area contributed by atoms with Crippen LogP contribution in [0.4, 0.5) is 0 Å². The van der Waals surface area contributed by atoms with E-state index in [4.69, 9.17) is 0 Å². The standard InChI is InChI=1S/C16H25NS2/c1-13(19-18)16-9-7-15(8-10-16)12-17-11-14-5-3-2-4-6-14/h7-10,13-14,17-18H,2-6,11-12H2,1H3. The molecule has 19 heavy (non-hydrogen) atoms. The van der Waals surface area contributed by atoms with E-state index in [0.29, 0.717) is 5.25 Å². The SMILES string of the molecule is CC(SS)c1ccc(CNCC2CCCCC2)cc1. The third-order valence-electron chi connectivity index (χ3n) is 4.09. The van der Waals surface area contributed by atoms with Crippen molar-refractivity contribution in [3.63, 3.8) is 0 Å². The van der Waals surface area contributed by atoms with Crippen molar-refractivity contribution in [3.8, 4) is 0 Å². The molecule has 0 amide bonds. The minimum atomic E-state index is 0.465. The van der Waals surface area contributed by atoms with E-state index < -0.39 is 0 Å². The zero-order valence-electron chi connectivity index (χ0n) is 11.8. The summed E-state index contributed by atoms with van der Waals surface area (Å²) in [6, 6.07) is 8.93. The summed E-state index contributed by atoms with van der Waals surface area (Å²) in [5.74, 6) is 0.911. The van der Waals surface area contributed by atoms with Gasteiger partial charge in [0.2, 0.25) is 0 Å². The lowest BCUT2D eigenvalue weighted by Gasteiger charge is -2.21. The number of hydrogen-bond acceptors (Lipinski definition) is 3. The smallest absolute Gasteiger partial charge is 0.0370 e. The molecule has 1 saturated carbocycles. The molecule has 1 fully saturated rings. The molecule has 0 aromatic heterocycles. The first-order valence-corrected chi connectivity index (χ1v) is 9.32. The Balaban J connectivity index is 1.73. The number of hydrogen-bond donors (Lipinski definition) is 2. The molecule has 2 rings (SSSR count). The van der Waals surface area contributed by atoms with E-state index in [-0.39, 0.29) is 0 Å². The first-order chi connectivity index (χ1) is 9.29. The molecule has 1 nitrogen and oxygen atoms in total. The highest BCUT2D eigenvalue weighted by Crippen LogP contribution is 2.30. The average Bonchev–Trinajstić information content (AvgIpc) is 2.48. The molecule has 0 spiro atoms. The van der Waals surface area contributed by atoms with Gasteiger partial charge in [-0.3, -0.25) is 0 Å². The molecule has 0 heterocycles. The summed E-state index contributed by atoms with van der Waals surface area (Å²) in [7, 11) is 1.60. The lowest BCUT2D eigenvalue weighted by atomic mass is 9.89. The lowest BCUT2D eigenvalue weighted by molar-refractivity contribution is 0.342. The van der Waals surface area contributed by atoms with Gasteiger partial charge in [-0.1, -0.05) is 54.3 Å². The van der Waals surface area contributed by atoms with E-state index in [1.165, 1.54) is 49.8 Å². The Morgan fingerprint density at radius 2 is 1.89 bits per heavy atom. The predicted molar refractivity (Wildman–Crippen MR) is 89.7 cm³/mol. The normalized spacial score (nSPS) is 18.4. The highest BCUT2D eigenvalue weighted by Gasteiger charge is 2.12. The molecule has 106 valence electrons. The summed E-state index contributed by atoms with van der Waals surface area (Å²) in [5, 5.41) is 4.08. The molecule has 3 heteroatoms. The molecule has 1 N–H and O–H groups in total. The largest absolute Gasteiger partial charge is 0.312 e. The molecule has 0 radical (unpaired) electrons. The van der Waals surface area contributed by atoms with Crippen molar-refractivity contribution in [2.45, 2.75) is 50.8 Å². The summed E-state index contributed by atoms with van der Waals surface area (Å²) in [6.45, 7) is 4.37. The molecule has 1 atom stereocenters. The van der Waals surface area contributed by atoms with Gasteiger partial charge in [-0.15, -0.1) is 11.7 Å². The summed E-state index contributed by atoms with van der Waals surface area (Å²) < 4.78 is 0. The molecule has 0 aliphatic heterocycles. The Hall–Kier alpha value is -0.120. The topological polar surface area (TPSA) is 12.0 Å². The average molecular weight is 296 g/mol. The van der Waals surface area contributed by atoms with Crippen LogP contribution in [0.2, 0.25) is 0 Å². The van der Waals surface area contributed by atoms with Crippen LogP contribution < -0.4 is 5.32 Å². The van der Waals surface area contributed by atoms with Crippen molar-refractivity contribution in [2.24, 2.45) is 5.92 Å². The van der Waals surface area contributed by atoms with Gasteiger partial charge in [-0.05, 0) is 43.4 Å². The van der Waals surface area contributed by atoms with Gasteiger partial charge in [-0.2, -0.15) is 0 Å². The lowest BCUT2D eigenvalue weighted by Crippen LogP contribution is -2.24. The van der Waals surface area contributed by atoms with E-state index >= 15 is 0 Å². The minimum absolute atomic E-state index is 0.465. The van der Waals surface area contributed by atoms with Crippen LogP contribution in [0.15, 0.2) is 24.3 Å². The first kappa shape index (κ1) is 15.3. The Morgan fingerprint density at radius 3 is 2.53 bits per heavy atom. The minimum Gasteiger partial charge on any atom is -0.312 e. The quantitative estimate of drug-likeness (QED) is 0.566. The molecule has 1 aliphatic rings. The predicted octanol–water partition coefficient (Wildman–Crippen LogP) is 5.00. The van der Waals surface area contributed by atoms with Crippen molar-refractivity contribution in [1.82, 2.24) is 5.32 Å². The fourth-order valence-electron chi connectivity index (χ4n) is 2.78. The van der Waals surface area contributed by atoms with Crippen molar-refractivity contribution in [1.29, 1.82) is 0 Å². The summed E-state index contributed by atoms with van der Waals surface area (Å²) in [4.78, 5) is 0. The van der Waals surface area contributed by atoms with Crippen molar-refractivity contribution >= 4 is 22.5 Å². The Labute approximate surface area is 126 Å². The maximum absolute atomic E-state index is 4.27. The monoisotopic (exact) mass is 295 g/mol. The fourth-order valence-corrected chi connectivity index (χ4v) is 3.42. The molecule has 1 aromatic rings. The maximum Gasteiger partial charge on any atom is 0.0370 e. The van der Waals surface area contributed by atoms with Gasteiger partial charge in [0.25, 0.3) is 0 Å². The van der Waals surface area contributed by atoms with Gasteiger partial charge in [-0.25, -0.2) is 0 Å². The fraction of sp³-hybridized carbons (Fsp3) is 0.625. The zero-order chi connectivity index (χ0) is 13.5. The summed E-state index contributed by atoms with van der Waals surface area (Å²) in [6.07, 6.45) is 7.14. The molecule has 0 saturated heterocycles. The molecule has 1 aliphatic carbocycles. The van der Waals surface area contributed by atoms with Crippen molar-refractivity contribution in [3.05, 3.63) is 35.4 Å². The summed E-state index contributed by atoms with van der Waals surface area (Å²) in [5.41, 5.74) is 2.74. The number of benzene rings is 1. The third kappa shape index (κ3) is 5.05. The van der Waals surface area contributed by atoms with Crippen LogP contribution >= 0.6 is 22.5 Å². The van der Waals surface area contributed by atoms with Gasteiger partial charge >= 0.3 is 0 Å². The van der Waals surface area contributed by atoms with Crippen LogP contribution in [-0.2, 0) is 6.54 Å². The Kier molecular flexibility index (Phi) is 6.62. The van der Waals surface area contributed by atoms with Crippen LogP contribution in [-0.4, -0.2) is 6.54 Å². The van der Waals surface area contributed by atoms with Gasteiger partial charge in [0.05, 0.1) is 0 Å². The van der Waals surface area contributed by atoms with Crippen LogP contribution in [0.25, 0.3) is 0 Å². The van der Waals surface area contributed by atoms with Crippen molar-refractivity contribution < 1.29 is 0 Å². The van der Waals surface area contributed by atoms with Crippen LogP contribution in [0.5, 0.6) is 0 Å². The van der Waals surface area contributed by atoms with Crippen LogP contribution in [0.3, 0.4) is 0 Å². The second-order valence-electron chi connectivity index (χ2n) is 5.62. The van der Waals surface area contributed by atoms with Gasteiger partial charge < -0.3 is 5.32 Å². The third-order valence-corrected chi connectivity index (χ3v) is 5.63. The number of thiol groups is 1. The summed E-state index contributed by atoms with van der Waals surface area (Å²) >= 11 is 4.27. The van der Waals surface area contributed by atoms with E-state index in [1.807, 2.05) is 0 Å². The Bertz CT molecular complexity index is 358. The van der Waals surface area contributed by atoms with E-state index in [9.17, 15) is 0 Å². The number of nitrogens with one attached hydrogen (secondary N) is 1. The second kappa shape index (κ2) is 8.23. The van der Waals surface area contributed by atoms with Crippen molar-refractivity contribution in [2.75, 3.05) is 6.54 Å². The molecular formula is C16H25NS2. The van der Waals surface area contributed by atoms with E-state index in [0.717, 1.165) is 12.5 Å². The first-order valence-electron chi connectivity index (χ1n) is 7.39. The van der Waals surface area contributed by atoms with Gasteiger partial charge in [0.1, 0.15) is 0 Å². The van der Waals surface area contributed by atoms with E-state index in [2.05, 4.69) is 48.2 Å². The van der Waals surface area contributed by atoms with Crippen LogP contribution in [0, 0.1) is 5.92 Å². The van der Waals surface area contributed by atoms with Gasteiger partial charge in [0, 0.05) is 11.8 Å². The highest BCUT2D eigenvalue weighted by atomic mass is 33.1. The van der Waals surface area contributed by atoms with E-state index in [1.54, 1.807) is 10.8 Å².